The summed E-state index contributed by atoms with van der Waals surface area (Å²) in [6, 6.07) is 13.4. The van der Waals surface area contributed by atoms with E-state index >= 15 is 0 Å². The summed E-state index contributed by atoms with van der Waals surface area (Å²) < 4.78 is 94.1. The van der Waals surface area contributed by atoms with Crippen LogP contribution >= 0.6 is 0 Å². The lowest BCUT2D eigenvalue weighted by molar-refractivity contribution is -0.143. The van der Waals surface area contributed by atoms with Crippen molar-refractivity contribution in [1.82, 2.24) is 15.1 Å². The van der Waals surface area contributed by atoms with E-state index in [1.54, 1.807) is 0 Å². The molecule has 1 saturated heterocycles. The lowest BCUT2D eigenvalue weighted by Gasteiger charge is -2.33. The quantitative estimate of drug-likeness (QED) is 0.332. The Balaban J connectivity index is 1.60. The van der Waals surface area contributed by atoms with Gasteiger partial charge in [-0.05, 0) is 41.5 Å². The Morgan fingerprint density at radius 3 is 1.98 bits per heavy atom. The lowest BCUT2D eigenvalue weighted by atomic mass is 9.93. The number of halogens is 7. The summed E-state index contributed by atoms with van der Waals surface area (Å²) >= 11 is 0. The average molecular weight is 597 g/mol. The van der Waals surface area contributed by atoms with Crippen LogP contribution in [0.4, 0.5) is 46.0 Å². The minimum Gasteiger partial charge on any atom is -0.334 e. The van der Waals surface area contributed by atoms with Crippen molar-refractivity contribution < 1.29 is 40.3 Å². The smallest absolute Gasteiger partial charge is 0.334 e. The molecule has 0 radical (unpaired) electrons. The van der Waals surface area contributed by atoms with Crippen molar-refractivity contribution in [3.05, 3.63) is 101 Å². The molecular weight excluding hydrogens is 569 g/mol. The number of carbonyl (C=O) groups excluding carboxylic acids is 2. The number of likely N-dealkylation sites (tertiary alicyclic amines) is 1. The van der Waals surface area contributed by atoms with Crippen LogP contribution in [0.5, 0.6) is 0 Å². The summed E-state index contributed by atoms with van der Waals surface area (Å²) in [6.45, 7) is 0.367. The predicted molar refractivity (Wildman–Crippen MR) is 141 cm³/mol. The molecule has 0 aromatic heterocycles. The Kier molecular flexibility index (Phi) is 8.69. The molecule has 1 aliphatic rings. The zero-order chi connectivity index (χ0) is 30.8. The lowest BCUT2D eigenvalue weighted by Crippen LogP contribution is -2.48. The van der Waals surface area contributed by atoms with Crippen molar-refractivity contribution >= 4 is 17.7 Å². The van der Waals surface area contributed by atoms with E-state index < -0.39 is 59.0 Å². The topological polar surface area (TPSA) is 55.9 Å². The third-order valence-electron chi connectivity index (χ3n) is 7.21. The zero-order valence-electron chi connectivity index (χ0n) is 22.5. The molecule has 0 bridgehead atoms. The van der Waals surface area contributed by atoms with E-state index in [2.05, 4.69) is 5.32 Å². The summed E-state index contributed by atoms with van der Waals surface area (Å²) in [5.41, 5.74) is -2.27. The van der Waals surface area contributed by atoms with Gasteiger partial charge in [0.25, 0.3) is 0 Å². The van der Waals surface area contributed by atoms with Gasteiger partial charge in [0.15, 0.2) is 0 Å². The third-order valence-corrected chi connectivity index (χ3v) is 7.21. The minimum atomic E-state index is -5.08. The predicted octanol–water partition coefficient (Wildman–Crippen LogP) is 6.73. The second-order valence-electron chi connectivity index (χ2n) is 9.99. The van der Waals surface area contributed by atoms with Crippen molar-refractivity contribution in [2.75, 3.05) is 32.1 Å². The molecule has 0 saturated carbocycles. The molecule has 13 heteroatoms. The molecule has 3 aromatic carbocycles. The Labute approximate surface area is 237 Å². The van der Waals surface area contributed by atoms with Gasteiger partial charge in [0.2, 0.25) is 0 Å². The highest BCUT2D eigenvalue weighted by Crippen LogP contribution is 2.39. The summed E-state index contributed by atoms with van der Waals surface area (Å²) in [5.74, 6) is -1.03. The summed E-state index contributed by atoms with van der Waals surface area (Å²) in [4.78, 5) is 29.8. The van der Waals surface area contributed by atoms with Crippen molar-refractivity contribution in [3.8, 4) is 0 Å². The number of hydrogen-bond acceptors (Lipinski definition) is 2. The monoisotopic (exact) mass is 596 g/mol. The van der Waals surface area contributed by atoms with Crippen LogP contribution in [0.25, 0.3) is 0 Å². The molecule has 3 aromatic rings. The van der Waals surface area contributed by atoms with E-state index in [4.69, 9.17) is 0 Å². The summed E-state index contributed by atoms with van der Waals surface area (Å²) in [7, 11) is 2.42. The molecule has 6 nitrogen and oxygen atoms in total. The maximum Gasteiger partial charge on any atom is 0.416 e. The Morgan fingerprint density at radius 1 is 0.857 bits per heavy atom. The molecule has 1 fully saturated rings. The first kappa shape index (κ1) is 30.7. The number of nitrogens with zero attached hydrogens (tertiary/aromatic N) is 3. The van der Waals surface area contributed by atoms with Crippen molar-refractivity contribution in [2.24, 2.45) is 0 Å². The first-order valence-electron chi connectivity index (χ1n) is 12.8. The van der Waals surface area contributed by atoms with Crippen molar-refractivity contribution in [3.63, 3.8) is 0 Å². The molecule has 2 unspecified atom stereocenters. The van der Waals surface area contributed by atoms with Crippen LogP contribution < -0.4 is 10.2 Å². The number of urea groups is 2. The minimum absolute atomic E-state index is 0.00907. The van der Waals surface area contributed by atoms with Gasteiger partial charge in [-0.3, -0.25) is 4.90 Å². The van der Waals surface area contributed by atoms with Gasteiger partial charge in [0, 0.05) is 45.3 Å². The average Bonchev–Trinajstić information content (AvgIpc) is 3.40. The van der Waals surface area contributed by atoms with E-state index in [0.29, 0.717) is 22.6 Å². The molecule has 1 heterocycles. The molecule has 0 spiro atoms. The fourth-order valence-corrected chi connectivity index (χ4v) is 4.89. The van der Waals surface area contributed by atoms with E-state index in [0.717, 1.165) is 12.6 Å². The molecule has 1 aliphatic heterocycles. The van der Waals surface area contributed by atoms with E-state index in [9.17, 15) is 40.3 Å². The molecule has 2 atom stereocenters. The number of hydrogen-bond donors (Lipinski definition) is 1. The molecular formula is C29H27F7N4O2. The van der Waals surface area contributed by atoms with Gasteiger partial charge in [0.1, 0.15) is 5.82 Å². The van der Waals surface area contributed by atoms with Crippen LogP contribution in [0.3, 0.4) is 0 Å². The number of nitrogens with one attached hydrogen (secondary N) is 1. The molecule has 42 heavy (non-hydrogen) atoms. The second kappa shape index (κ2) is 11.9. The highest BCUT2D eigenvalue weighted by atomic mass is 19.4. The highest BCUT2D eigenvalue weighted by molar-refractivity contribution is 5.92. The maximum atomic E-state index is 13.6. The van der Waals surface area contributed by atoms with E-state index in [1.165, 1.54) is 41.1 Å². The summed E-state index contributed by atoms with van der Waals surface area (Å²) in [6.07, 6.45) is -10.2. The molecule has 1 N–H and O–H groups in total. The van der Waals surface area contributed by atoms with Gasteiger partial charge in [-0.25, -0.2) is 14.0 Å². The number of carbonyl (C=O) groups is 2. The van der Waals surface area contributed by atoms with E-state index in [-0.39, 0.29) is 25.7 Å². The molecule has 4 rings (SSSR count). The molecule has 0 aliphatic carbocycles. The number of amides is 4. The number of alkyl halides is 6. The van der Waals surface area contributed by atoms with Gasteiger partial charge in [0.05, 0.1) is 17.2 Å². The molecule has 4 amide bonds. The Bertz CT molecular complexity index is 1380. The van der Waals surface area contributed by atoms with Crippen LogP contribution in [0, 0.1) is 5.82 Å². The number of rotatable bonds is 5. The fourth-order valence-electron chi connectivity index (χ4n) is 4.89. The fraction of sp³-hybridized carbons (Fsp3) is 0.310. The SMILES string of the molecule is CN(C(=O)N(C)C1CN(C(=O)NCc2ccccc2)CC1c1ccc(F)cc1)c1cc(C(F)(F)F)cc(C(F)(F)F)c1. The molecule has 224 valence electrons. The summed E-state index contributed by atoms with van der Waals surface area (Å²) in [5, 5.41) is 2.80. The largest absolute Gasteiger partial charge is 0.416 e. The van der Waals surface area contributed by atoms with Gasteiger partial charge < -0.3 is 15.1 Å². The Morgan fingerprint density at radius 2 is 1.43 bits per heavy atom. The van der Waals surface area contributed by atoms with E-state index in [1.807, 2.05) is 30.3 Å². The van der Waals surface area contributed by atoms with Gasteiger partial charge in [-0.15, -0.1) is 0 Å². The third kappa shape index (κ3) is 6.94. The maximum absolute atomic E-state index is 13.6. The first-order valence-corrected chi connectivity index (χ1v) is 12.8. The standard InChI is InChI=1S/C29H27F7N4O2/c1-38(23-13-20(28(31,32)33)12-21(14-23)29(34,35)36)27(42)39(2)25-17-40(16-24(25)19-8-10-22(30)11-9-19)26(41)37-15-18-6-4-3-5-7-18/h3-14,24-25H,15-17H2,1-2H3,(H,37,41). The van der Waals surface area contributed by atoms with Crippen LogP contribution in [-0.2, 0) is 18.9 Å². The van der Waals surface area contributed by atoms with Gasteiger partial charge in [-0.2, -0.15) is 26.3 Å². The number of benzene rings is 3. The second-order valence-corrected chi connectivity index (χ2v) is 9.99. The number of likely N-dealkylation sites (N-methyl/N-ethyl adjacent to an activating group) is 1. The Hall–Kier alpha value is -4.29. The van der Waals surface area contributed by atoms with Crippen LogP contribution in [-0.4, -0.2) is 55.1 Å². The first-order chi connectivity index (χ1) is 19.6. The zero-order valence-corrected chi connectivity index (χ0v) is 22.5. The van der Waals surface area contributed by atoms with Gasteiger partial charge in [-0.1, -0.05) is 42.5 Å². The van der Waals surface area contributed by atoms with Crippen LogP contribution in [0.2, 0.25) is 0 Å². The van der Waals surface area contributed by atoms with Gasteiger partial charge >= 0.3 is 24.4 Å². The number of anilines is 1. The highest BCUT2D eigenvalue weighted by Gasteiger charge is 2.42. The van der Waals surface area contributed by atoms with Crippen LogP contribution in [0.15, 0.2) is 72.8 Å². The van der Waals surface area contributed by atoms with Crippen LogP contribution in [0.1, 0.15) is 28.2 Å². The normalized spacial score (nSPS) is 17.2. The van der Waals surface area contributed by atoms with Crippen molar-refractivity contribution in [2.45, 2.75) is 30.9 Å². The van der Waals surface area contributed by atoms with Crippen molar-refractivity contribution in [1.29, 1.82) is 0 Å².